The van der Waals surface area contributed by atoms with Gasteiger partial charge in [0.15, 0.2) is 0 Å². The normalized spacial score (nSPS) is 10.2. The second-order valence-corrected chi connectivity index (χ2v) is 3.46. The lowest BCUT2D eigenvalue weighted by Crippen LogP contribution is -2.27. The van der Waals surface area contributed by atoms with E-state index in [0.29, 0.717) is 5.69 Å². The van der Waals surface area contributed by atoms with Gasteiger partial charge in [0.2, 0.25) is 0 Å². The molecule has 76 valence electrons. The van der Waals surface area contributed by atoms with Crippen molar-refractivity contribution >= 4 is 34.3 Å². The molecule has 0 bridgehead atoms. The molecule has 0 saturated heterocycles. The number of benzene rings is 2. The highest BCUT2D eigenvalue weighted by Crippen LogP contribution is 2.27. The molecule has 0 aromatic heterocycles. The van der Waals surface area contributed by atoms with Crippen LogP contribution in [-0.2, 0) is 0 Å². The standard InChI is InChI=1S/C11H9ClN2O/c12-14(11(13)15)10-7-3-5-8-4-1-2-6-9(8)10/h1-7H,(H2,13,15). The summed E-state index contributed by atoms with van der Waals surface area (Å²) in [6.07, 6.45) is 0. The predicted molar refractivity (Wildman–Crippen MR) is 61.9 cm³/mol. The molecule has 3 nitrogen and oxygen atoms in total. The Hall–Kier alpha value is -1.74. The Kier molecular flexibility index (Phi) is 2.47. The number of hydrogen-bond acceptors (Lipinski definition) is 1. The molecule has 0 fully saturated rings. The summed E-state index contributed by atoms with van der Waals surface area (Å²) < 4.78 is 0.919. The summed E-state index contributed by atoms with van der Waals surface area (Å²) in [6, 6.07) is 12.5. The minimum absolute atomic E-state index is 0.599. The third-order valence-electron chi connectivity index (χ3n) is 2.17. The van der Waals surface area contributed by atoms with Gasteiger partial charge in [0.05, 0.1) is 5.69 Å². The van der Waals surface area contributed by atoms with E-state index in [1.54, 1.807) is 6.07 Å². The molecule has 0 radical (unpaired) electrons. The molecule has 0 heterocycles. The SMILES string of the molecule is NC(=O)N(Cl)c1cccc2ccccc12. The van der Waals surface area contributed by atoms with Crippen LogP contribution in [0.15, 0.2) is 42.5 Å². The fourth-order valence-corrected chi connectivity index (χ4v) is 1.65. The molecule has 2 amide bonds. The van der Waals surface area contributed by atoms with Crippen molar-refractivity contribution in [3.8, 4) is 0 Å². The molecule has 0 unspecified atom stereocenters. The lowest BCUT2D eigenvalue weighted by molar-refractivity contribution is 0.257. The largest absolute Gasteiger partial charge is 0.350 e. The van der Waals surface area contributed by atoms with Crippen molar-refractivity contribution < 1.29 is 4.79 Å². The molecule has 15 heavy (non-hydrogen) atoms. The molecule has 2 aromatic rings. The van der Waals surface area contributed by atoms with Gasteiger partial charge in [-0.25, -0.2) is 9.21 Å². The molecule has 0 atom stereocenters. The Morgan fingerprint density at radius 3 is 2.53 bits per heavy atom. The number of nitrogens with zero attached hydrogens (tertiary/aromatic N) is 1. The molecule has 4 heteroatoms. The van der Waals surface area contributed by atoms with Gasteiger partial charge in [0, 0.05) is 17.2 Å². The van der Waals surface area contributed by atoms with Crippen molar-refractivity contribution in [2.24, 2.45) is 5.73 Å². The third-order valence-corrected chi connectivity index (χ3v) is 2.52. The molecule has 2 N–H and O–H groups in total. The molecular formula is C11H9ClN2O. The van der Waals surface area contributed by atoms with Crippen LogP contribution in [0.5, 0.6) is 0 Å². The third kappa shape index (κ3) is 1.74. The van der Waals surface area contributed by atoms with Crippen LogP contribution >= 0.6 is 11.8 Å². The van der Waals surface area contributed by atoms with Gasteiger partial charge >= 0.3 is 6.03 Å². The van der Waals surface area contributed by atoms with Crippen molar-refractivity contribution in [3.05, 3.63) is 42.5 Å². The number of hydrogen-bond donors (Lipinski definition) is 1. The maximum atomic E-state index is 11.0. The molecular weight excluding hydrogens is 212 g/mol. The average Bonchev–Trinajstić information content (AvgIpc) is 2.27. The Morgan fingerprint density at radius 2 is 1.80 bits per heavy atom. The van der Waals surface area contributed by atoms with Gasteiger partial charge in [0.25, 0.3) is 0 Å². The second kappa shape index (κ2) is 3.79. The summed E-state index contributed by atoms with van der Waals surface area (Å²) in [6.45, 7) is 0. The van der Waals surface area contributed by atoms with Crippen molar-refractivity contribution in [1.29, 1.82) is 0 Å². The molecule has 0 aliphatic heterocycles. The number of fused-ring (bicyclic) bond motifs is 1. The lowest BCUT2D eigenvalue weighted by atomic mass is 10.1. The van der Waals surface area contributed by atoms with Crippen LogP contribution in [0.25, 0.3) is 10.8 Å². The number of anilines is 1. The molecule has 0 spiro atoms. The van der Waals surface area contributed by atoms with E-state index in [1.807, 2.05) is 36.4 Å². The van der Waals surface area contributed by atoms with Crippen molar-refractivity contribution in [2.75, 3.05) is 4.42 Å². The van der Waals surface area contributed by atoms with Gasteiger partial charge in [-0.2, -0.15) is 0 Å². The quantitative estimate of drug-likeness (QED) is 0.738. The molecule has 0 aliphatic rings. The van der Waals surface area contributed by atoms with Crippen LogP contribution in [0.1, 0.15) is 0 Å². The van der Waals surface area contributed by atoms with Crippen LogP contribution in [0.3, 0.4) is 0 Å². The topological polar surface area (TPSA) is 46.3 Å². The fourth-order valence-electron chi connectivity index (χ4n) is 1.50. The highest BCUT2D eigenvalue weighted by atomic mass is 35.5. The number of carbonyl (C=O) groups is 1. The summed E-state index contributed by atoms with van der Waals surface area (Å²) in [5, 5.41) is 1.91. The number of nitrogens with two attached hydrogens (primary N) is 1. The summed E-state index contributed by atoms with van der Waals surface area (Å²) >= 11 is 5.78. The van der Waals surface area contributed by atoms with Gasteiger partial charge < -0.3 is 5.73 Å². The number of primary amides is 1. The van der Waals surface area contributed by atoms with E-state index in [1.165, 1.54) is 0 Å². The number of amides is 2. The Balaban J connectivity index is 2.65. The van der Waals surface area contributed by atoms with E-state index < -0.39 is 6.03 Å². The van der Waals surface area contributed by atoms with Gasteiger partial charge in [-0.05, 0) is 11.5 Å². The van der Waals surface area contributed by atoms with Crippen LogP contribution in [0.2, 0.25) is 0 Å². The van der Waals surface area contributed by atoms with Crippen molar-refractivity contribution in [2.45, 2.75) is 0 Å². The number of carbonyl (C=O) groups excluding carboxylic acids is 1. The van der Waals surface area contributed by atoms with Crippen molar-refractivity contribution in [3.63, 3.8) is 0 Å². The van der Waals surface area contributed by atoms with E-state index in [9.17, 15) is 4.79 Å². The average molecular weight is 221 g/mol. The summed E-state index contributed by atoms with van der Waals surface area (Å²) in [7, 11) is 0. The number of halogens is 1. The zero-order chi connectivity index (χ0) is 10.8. The van der Waals surface area contributed by atoms with Crippen molar-refractivity contribution in [1.82, 2.24) is 0 Å². The smallest absolute Gasteiger partial charge is 0.334 e. The van der Waals surface area contributed by atoms with Gasteiger partial charge in [0.1, 0.15) is 0 Å². The highest BCUT2D eigenvalue weighted by molar-refractivity contribution is 6.37. The van der Waals surface area contributed by atoms with E-state index in [2.05, 4.69) is 0 Å². The predicted octanol–water partition coefficient (Wildman–Crippen LogP) is 2.88. The first kappa shape index (κ1) is 9.80. The first-order chi connectivity index (χ1) is 7.20. The lowest BCUT2D eigenvalue weighted by Gasteiger charge is -2.13. The molecule has 0 aliphatic carbocycles. The Labute approximate surface area is 92.2 Å². The van der Waals surface area contributed by atoms with E-state index in [-0.39, 0.29) is 0 Å². The van der Waals surface area contributed by atoms with Crippen LogP contribution in [0.4, 0.5) is 10.5 Å². The zero-order valence-electron chi connectivity index (χ0n) is 7.85. The van der Waals surface area contributed by atoms with Crippen LogP contribution < -0.4 is 10.2 Å². The fraction of sp³-hybridized carbons (Fsp3) is 0. The van der Waals surface area contributed by atoms with E-state index >= 15 is 0 Å². The van der Waals surface area contributed by atoms with Crippen LogP contribution in [-0.4, -0.2) is 6.03 Å². The minimum atomic E-state index is -0.687. The number of rotatable bonds is 1. The Bertz CT molecular complexity index is 507. The highest BCUT2D eigenvalue weighted by Gasteiger charge is 2.11. The maximum Gasteiger partial charge on any atom is 0.334 e. The van der Waals surface area contributed by atoms with E-state index in [0.717, 1.165) is 15.2 Å². The number of urea groups is 1. The summed E-state index contributed by atoms with van der Waals surface area (Å²) in [4.78, 5) is 11.0. The molecule has 2 aromatic carbocycles. The summed E-state index contributed by atoms with van der Waals surface area (Å²) in [5.74, 6) is 0. The second-order valence-electron chi connectivity index (χ2n) is 3.12. The van der Waals surface area contributed by atoms with Crippen LogP contribution in [0, 0.1) is 0 Å². The Morgan fingerprint density at radius 1 is 1.13 bits per heavy atom. The molecule has 0 saturated carbocycles. The summed E-state index contributed by atoms with van der Waals surface area (Å²) in [5.41, 5.74) is 5.71. The first-order valence-corrected chi connectivity index (χ1v) is 4.77. The van der Waals surface area contributed by atoms with Gasteiger partial charge in [-0.1, -0.05) is 36.4 Å². The molecule has 2 rings (SSSR count). The van der Waals surface area contributed by atoms with E-state index in [4.69, 9.17) is 17.5 Å². The van der Waals surface area contributed by atoms with Gasteiger partial charge in [-0.3, -0.25) is 0 Å². The maximum absolute atomic E-state index is 11.0. The van der Waals surface area contributed by atoms with Gasteiger partial charge in [-0.15, -0.1) is 0 Å². The first-order valence-electron chi connectivity index (χ1n) is 4.43. The minimum Gasteiger partial charge on any atom is -0.350 e. The monoisotopic (exact) mass is 220 g/mol. The zero-order valence-corrected chi connectivity index (χ0v) is 8.61.